The van der Waals surface area contributed by atoms with Gasteiger partial charge in [-0.25, -0.2) is 14.4 Å². The molecule has 0 fully saturated rings. The molecule has 0 radical (unpaired) electrons. The predicted octanol–water partition coefficient (Wildman–Crippen LogP) is 11.1. The highest BCUT2D eigenvalue weighted by Crippen LogP contribution is 2.30. The Labute approximate surface area is 447 Å². The van der Waals surface area contributed by atoms with Crippen LogP contribution in [0.4, 0.5) is 0 Å². The fourth-order valence-electron chi connectivity index (χ4n) is 6.53. The third kappa shape index (κ3) is 47.4. The largest absolute Gasteiger partial charge is 0.469 e. The lowest BCUT2D eigenvalue weighted by atomic mass is 10.3. The van der Waals surface area contributed by atoms with Crippen LogP contribution in [0.3, 0.4) is 0 Å². The van der Waals surface area contributed by atoms with Gasteiger partial charge < -0.3 is 58.9 Å². The number of hydrogen-bond donors (Lipinski definition) is 2. The van der Waals surface area contributed by atoms with E-state index in [2.05, 4.69) is 138 Å². The Balaban J connectivity index is -0.000000998. The topological polar surface area (TPSA) is 193 Å². The van der Waals surface area contributed by atoms with Crippen molar-refractivity contribution in [2.24, 2.45) is 0 Å². The average molecular weight is 1160 g/mol. The van der Waals surface area contributed by atoms with Crippen LogP contribution in [0, 0.1) is 0 Å². The molecule has 24 heteroatoms. The van der Waals surface area contributed by atoms with E-state index in [9.17, 15) is 24.6 Å². The van der Waals surface area contributed by atoms with E-state index in [0.29, 0.717) is 49.0 Å². The molecule has 16 nitrogen and oxygen atoms in total. The summed E-state index contributed by atoms with van der Waals surface area (Å²) in [4.78, 5) is 34.0. The van der Waals surface area contributed by atoms with Crippen molar-refractivity contribution in [3.63, 3.8) is 0 Å². The number of aliphatic hydroxyl groups is 2. The molecule has 0 saturated heterocycles. The van der Waals surface area contributed by atoms with Crippen molar-refractivity contribution in [3.05, 3.63) is 36.5 Å². The highest BCUT2D eigenvalue weighted by Gasteiger charge is 2.49. The summed E-state index contributed by atoms with van der Waals surface area (Å²) < 4.78 is 64.4. The zero-order valence-electron chi connectivity index (χ0n) is 49.7. The van der Waals surface area contributed by atoms with Gasteiger partial charge in [-0.05, 0) is 184 Å². The van der Waals surface area contributed by atoms with Gasteiger partial charge in [0, 0.05) is 42.1 Å². The molecule has 2 atom stereocenters. The standard InChI is InChI=1S/C17H38O6Si3.C16H38O5Si4.C15H30O5Si/c1-15(2)17(19)21-14-16(18)13-20-11-10-12-26(9,22-24(3,4)5)23-25(6,7)8;1-15(2)16(17)18-13-12-14-25(19-22(3,4)5,20-23(6,7)8)21-24(9,10)11;1-12(2)15(17)19-11-14(16)10-18-8-7-9-21(5,6)20-13(3)4/h16,18H,1,10-14H2,2-9H3;1,12-14H2,2-11H3;13-14,16H,1,7-11H2,2-6H3. The SMILES string of the molecule is C=C(C)C(=O)OCC(O)COCCC[Si](C)(C)OC(C)C.C=C(C)C(=O)OCC(O)COCCC[Si](C)(O[Si](C)(C)C)O[Si](C)(C)C.C=C(C)C(=O)OCCC[Si](O[Si](C)(C)C)(O[Si](C)(C)C)O[Si](C)(C)C. The lowest BCUT2D eigenvalue weighted by Crippen LogP contribution is -2.60. The van der Waals surface area contributed by atoms with Crippen molar-refractivity contribution in [1.29, 1.82) is 0 Å². The summed E-state index contributed by atoms with van der Waals surface area (Å²) >= 11 is 0. The number of carbonyl (C=O) groups is 3. The van der Waals surface area contributed by atoms with Gasteiger partial charge in [-0.1, -0.05) is 19.7 Å². The number of ether oxygens (including phenoxy) is 5. The summed E-state index contributed by atoms with van der Waals surface area (Å²) in [5, 5.41) is 19.4. The molecule has 426 valence electrons. The maximum Gasteiger partial charge on any atom is 0.469 e. The van der Waals surface area contributed by atoms with E-state index in [1.807, 2.05) is 13.8 Å². The summed E-state index contributed by atoms with van der Waals surface area (Å²) in [6, 6.07) is 2.56. The molecule has 0 rings (SSSR count). The van der Waals surface area contributed by atoms with E-state index < -0.39 is 91.4 Å². The summed E-state index contributed by atoms with van der Waals surface area (Å²) in [5.74, 6) is -1.35. The number of hydrogen-bond acceptors (Lipinski definition) is 16. The van der Waals surface area contributed by atoms with Crippen LogP contribution in [0.15, 0.2) is 36.5 Å². The second-order valence-electron chi connectivity index (χ2n) is 24.3. The highest BCUT2D eigenvalue weighted by atomic mass is 28.5. The number of aliphatic hydroxyl groups excluding tert-OH is 2. The Kier molecular flexibility index (Phi) is 36.2. The van der Waals surface area contributed by atoms with Gasteiger partial charge in [-0.3, -0.25) is 0 Å². The number of esters is 3. The second-order valence-corrected chi connectivity index (χ2v) is 58.4. The predicted molar refractivity (Wildman–Crippen MR) is 312 cm³/mol. The Bertz CT molecular complexity index is 1560. The van der Waals surface area contributed by atoms with Crippen LogP contribution >= 0.6 is 0 Å². The van der Waals surface area contributed by atoms with E-state index in [0.717, 1.165) is 24.9 Å². The first kappa shape index (κ1) is 75.2. The minimum Gasteiger partial charge on any atom is -0.462 e. The van der Waals surface area contributed by atoms with Crippen LogP contribution in [0.5, 0.6) is 0 Å². The quantitative estimate of drug-likeness (QED) is 0.0200. The first-order valence-corrected chi connectivity index (χ1v) is 50.0. The van der Waals surface area contributed by atoms with Gasteiger partial charge in [0.2, 0.25) is 0 Å². The Hall–Kier alpha value is -1.03. The summed E-state index contributed by atoms with van der Waals surface area (Å²) in [6.45, 7) is 60.1. The molecule has 0 aromatic rings. The van der Waals surface area contributed by atoms with Crippen molar-refractivity contribution >= 4 is 85.2 Å². The van der Waals surface area contributed by atoms with Gasteiger partial charge in [0.05, 0.1) is 19.8 Å². The van der Waals surface area contributed by atoms with Gasteiger partial charge in [-0.2, -0.15) is 0 Å². The lowest BCUT2D eigenvalue weighted by Gasteiger charge is -2.42. The molecule has 2 N–H and O–H groups in total. The maximum atomic E-state index is 11.6. The number of rotatable bonds is 35. The fourth-order valence-corrected chi connectivity index (χ4v) is 36.0. The molecule has 0 heterocycles. The molecule has 0 bridgehead atoms. The molecule has 2 unspecified atom stereocenters. The van der Waals surface area contributed by atoms with Crippen molar-refractivity contribution < 1.29 is 73.3 Å². The molecular formula is C48H106O16Si8. The van der Waals surface area contributed by atoms with E-state index in [4.69, 9.17) is 48.7 Å². The van der Waals surface area contributed by atoms with Crippen molar-refractivity contribution in [2.75, 3.05) is 46.2 Å². The maximum absolute atomic E-state index is 11.6. The molecule has 0 aliphatic carbocycles. The molecule has 0 spiro atoms. The minimum atomic E-state index is -2.83. The van der Waals surface area contributed by atoms with E-state index in [-0.39, 0.29) is 38.5 Å². The zero-order valence-corrected chi connectivity index (χ0v) is 57.7. The third-order valence-electron chi connectivity index (χ3n) is 8.31. The lowest BCUT2D eigenvalue weighted by molar-refractivity contribution is -0.143. The summed E-state index contributed by atoms with van der Waals surface area (Å²) in [5.41, 5.74) is 1.05. The summed E-state index contributed by atoms with van der Waals surface area (Å²) in [6.07, 6.45) is 1.02. The number of carbonyl (C=O) groups excluding carboxylic acids is 3. The second kappa shape index (κ2) is 34.7. The average Bonchev–Trinajstić information content (AvgIpc) is 3.13. The summed E-state index contributed by atoms with van der Waals surface area (Å²) in [7, 11) is -15.6. The zero-order chi connectivity index (χ0) is 57.2. The van der Waals surface area contributed by atoms with Gasteiger partial charge in [0.25, 0.3) is 0 Å². The van der Waals surface area contributed by atoms with Crippen molar-refractivity contribution in [3.8, 4) is 0 Å². The molecule has 0 aliphatic rings. The smallest absolute Gasteiger partial charge is 0.462 e. The van der Waals surface area contributed by atoms with Crippen molar-refractivity contribution in [2.45, 2.75) is 208 Å². The van der Waals surface area contributed by atoms with Gasteiger partial charge in [0.1, 0.15) is 25.4 Å². The molecule has 0 saturated carbocycles. The monoisotopic (exact) mass is 1160 g/mol. The normalized spacial score (nSPS) is 13.8. The molecular weight excluding hydrogens is 1060 g/mol. The van der Waals surface area contributed by atoms with Gasteiger partial charge in [-0.15, -0.1) is 0 Å². The third-order valence-corrected chi connectivity index (χ3v) is 32.6. The Morgan fingerprint density at radius 2 is 0.736 bits per heavy atom. The highest BCUT2D eigenvalue weighted by molar-refractivity contribution is 6.90. The minimum absolute atomic E-state index is 0.0671. The van der Waals surface area contributed by atoms with Crippen LogP contribution in [0.2, 0.25) is 136 Å². The molecule has 0 aliphatic heterocycles. The van der Waals surface area contributed by atoms with Crippen LogP contribution in [0.25, 0.3) is 0 Å². The van der Waals surface area contributed by atoms with Crippen LogP contribution in [0.1, 0.15) is 53.9 Å². The molecule has 0 aromatic carbocycles. The fraction of sp³-hybridized carbons (Fsp3) is 0.812. The van der Waals surface area contributed by atoms with Crippen molar-refractivity contribution in [1.82, 2.24) is 0 Å². The van der Waals surface area contributed by atoms with Crippen LogP contribution in [-0.4, -0.2) is 160 Å². The molecule has 0 aromatic heterocycles. The Morgan fingerprint density at radius 1 is 0.431 bits per heavy atom. The van der Waals surface area contributed by atoms with E-state index in [1.54, 1.807) is 20.8 Å². The molecule has 72 heavy (non-hydrogen) atoms. The van der Waals surface area contributed by atoms with Gasteiger partial charge in [0.15, 0.2) is 49.9 Å². The van der Waals surface area contributed by atoms with Crippen LogP contribution in [-0.2, 0) is 63.1 Å². The van der Waals surface area contributed by atoms with E-state index >= 15 is 0 Å². The first-order valence-electron chi connectivity index (χ1n) is 25.4. The Morgan fingerprint density at radius 3 is 1.04 bits per heavy atom. The molecule has 0 amide bonds. The van der Waals surface area contributed by atoms with Crippen LogP contribution < -0.4 is 0 Å². The van der Waals surface area contributed by atoms with Gasteiger partial charge >= 0.3 is 35.3 Å². The first-order chi connectivity index (χ1) is 32.2. The van der Waals surface area contributed by atoms with E-state index in [1.165, 1.54) is 0 Å².